The van der Waals surface area contributed by atoms with Gasteiger partial charge in [0.2, 0.25) is 11.7 Å². The molecule has 9 nitrogen and oxygen atoms in total. The smallest absolute Gasteiger partial charge is 0.259 e. The first-order chi connectivity index (χ1) is 17.4. The van der Waals surface area contributed by atoms with Crippen LogP contribution in [0, 0.1) is 13.8 Å². The van der Waals surface area contributed by atoms with E-state index in [2.05, 4.69) is 25.5 Å². The molecule has 4 heterocycles. The number of halogens is 1. The van der Waals surface area contributed by atoms with Crippen LogP contribution in [0.25, 0.3) is 28.0 Å². The second-order valence-corrected chi connectivity index (χ2v) is 9.03. The quantitative estimate of drug-likeness (QED) is 0.370. The summed E-state index contributed by atoms with van der Waals surface area (Å²) in [6.45, 7) is 3.86. The van der Waals surface area contributed by atoms with Crippen LogP contribution in [-0.4, -0.2) is 36.8 Å². The molecule has 180 valence electrons. The Hall–Kier alpha value is -4.60. The minimum Gasteiger partial charge on any atom is -0.384 e. The number of anilines is 2. The summed E-state index contributed by atoms with van der Waals surface area (Å²) in [7, 11) is 0. The number of fused-ring (bicyclic) bond motifs is 1. The van der Waals surface area contributed by atoms with Gasteiger partial charge < -0.3 is 15.6 Å². The van der Waals surface area contributed by atoms with Crippen LogP contribution in [0.15, 0.2) is 59.5 Å². The summed E-state index contributed by atoms with van der Waals surface area (Å²) >= 11 is 0. The zero-order chi connectivity index (χ0) is 25.0. The second kappa shape index (κ2) is 8.26. The minimum atomic E-state index is -0.919. The van der Waals surface area contributed by atoms with Gasteiger partial charge in [-0.15, -0.1) is 0 Å². The standard InChI is InChI=1S/C26H22FN7O2/c1-13-3-4-16(24-32-26(36-33-24)17-10-20(17)27)8-21(13)31-25(35)19-12-30-34-6-5-15(9-22(19)34)18-11-29-23(28)7-14(18)2/h3-9,11-12,17,20H,10H2,1-2H3,(H2,28,29)(H,31,35)/t17-,20-/m0/s1. The van der Waals surface area contributed by atoms with Crippen molar-refractivity contribution < 1.29 is 13.7 Å². The molecular formula is C26H22FN7O2. The predicted octanol–water partition coefficient (Wildman–Crippen LogP) is 4.72. The Kier molecular flexibility index (Phi) is 5.03. The number of alkyl halides is 1. The SMILES string of the molecule is Cc1ccc(-c2noc([C@H]3C[C@@H]3F)n2)cc1NC(=O)c1cnn2ccc(-c3cnc(N)cc3C)cc12. The first-order valence-electron chi connectivity index (χ1n) is 11.5. The van der Waals surface area contributed by atoms with Gasteiger partial charge in [0.1, 0.15) is 12.0 Å². The van der Waals surface area contributed by atoms with Crippen molar-refractivity contribution in [1.29, 1.82) is 0 Å². The Morgan fingerprint density at radius 3 is 2.75 bits per heavy atom. The monoisotopic (exact) mass is 483 g/mol. The van der Waals surface area contributed by atoms with Gasteiger partial charge in [0.05, 0.1) is 23.2 Å². The van der Waals surface area contributed by atoms with Crippen LogP contribution in [-0.2, 0) is 0 Å². The maximum atomic E-state index is 13.3. The van der Waals surface area contributed by atoms with Gasteiger partial charge in [-0.25, -0.2) is 13.9 Å². The van der Waals surface area contributed by atoms with E-state index in [9.17, 15) is 9.18 Å². The lowest BCUT2D eigenvalue weighted by atomic mass is 10.0. The Bertz CT molecular complexity index is 1640. The lowest BCUT2D eigenvalue weighted by molar-refractivity contribution is 0.102. The zero-order valence-electron chi connectivity index (χ0n) is 19.6. The van der Waals surface area contributed by atoms with Crippen molar-refractivity contribution in [2.24, 2.45) is 0 Å². The molecule has 36 heavy (non-hydrogen) atoms. The number of pyridine rings is 2. The maximum Gasteiger partial charge on any atom is 0.259 e. The molecule has 6 rings (SSSR count). The van der Waals surface area contributed by atoms with Gasteiger partial charge in [-0.1, -0.05) is 17.3 Å². The number of amides is 1. The Morgan fingerprint density at radius 1 is 1.14 bits per heavy atom. The average molecular weight is 484 g/mol. The molecular weight excluding hydrogens is 461 g/mol. The van der Waals surface area contributed by atoms with Gasteiger partial charge >= 0.3 is 0 Å². The number of aryl methyl sites for hydroxylation is 2. The van der Waals surface area contributed by atoms with Gasteiger partial charge in [0.15, 0.2) is 0 Å². The van der Waals surface area contributed by atoms with Crippen molar-refractivity contribution in [2.45, 2.75) is 32.4 Å². The molecule has 0 aliphatic heterocycles. The van der Waals surface area contributed by atoms with Crippen LogP contribution in [0.4, 0.5) is 15.9 Å². The summed E-state index contributed by atoms with van der Waals surface area (Å²) in [5.74, 6) is 0.492. The third-order valence-corrected chi connectivity index (χ3v) is 6.42. The van der Waals surface area contributed by atoms with Crippen LogP contribution in [0.5, 0.6) is 0 Å². The molecule has 0 saturated heterocycles. The molecule has 2 atom stereocenters. The molecule has 1 saturated carbocycles. The van der Waals surface area contributed by atoms with E-state index in [1.807, 2.05) is 44.2 Å². The maximum absolute atomic E-state index is 13.3. The first kappa shape index (κ1) is 21.9. The second-order valence-electron chi connectivity index (χ2n) is 9.03. The van der Waals surface area contributed by atoms with E-state index in [1.165, 1.54) is 6.20 Å². The molecule has 1 fully saturated rings. The third-order valence-electron chi connectivity index (χ3n) is 6.42. The van der Waals surface area contributed by atoms with Crippen molar-refractivity contribution in [3.8, 4) is 22.5 Å². The van der Waals surface area contributed by atoms with Crippen molar-refractivity contribution in [2.75, 3.05) is 11.1 Å². The van der Waals surface area contributed by atoms with Crippen LogP contribution in [0.3, 0.4) is 0 Å². The van der Waals surface area contributed by atoms with E-state index in [0.29, 0.717) is 46.3 Å². The Labute approximate surface area is 205 Å². The van der Waals surface area contributed by atoms with Crippen LogP contribution >= 0.6 is 0 Å². The van der Waals surface area contributed by atoms with E-state index in [4.69, 9.17) is 10.3 Å². The Morgan fingerprint density at radius 2 is 1.97 bits per heavy atom. The molecule has 0 radical (unpaired) electrons. The predicted molar refractivity (Wildman–Crippen MR) is 132 cm³/mol. The molecule has 1 aromatic carbocycles. The highest BCUT2D eigenvalue weighted by molar-refractivity contribution is 6.09. The molecule has 0 spiro atoms. The van der Waals surface area contributed by atoms with Gasteiger partial charge in [-0.05, 0) is 61.2 Å². The molecule has 0 unspecified atom stereocenters. The average Bonchev–Trinajstić information content (AvgIpc) is 3.23. The number of nitrogens with zero attached hydrogens (tertiary/aromatic N) is 5. The number of carbonyl (C=O) groups is 1. The topological polar surface area (TPSA) is 124 Å². The third kappa shape index (κ3) is 3.86. The highest BCUT2D eigenvalue weighted by Crippen LogP contribution is 2.43. The van der Waals surface area contributed by atoms with Crippen molar-refractivity contribution >= 4 is 22.9 Å². The summed E-state index contributed by atoms with van der Waals surface area (Å²) in [6, 6.07) is 11.1. The highest BCUT2D eigenvalue weighted by atomic mass is 19.1. The number of hydrogen-bond acceptors (Lipinski definition) is 7. The Balaban J connectivity index is 1.30. The molecule has 5 aromatic rings. The van der Waals surface area contributed by atoms with Gasteiger partial charge in [-0.3, -0.25) is 4.79 Å². The molecule has 4 aromatic heterocycles. The molecule has 1 aliphatic carbocycles. The molecule has 10 heteroatoms. The molecule has 1 aliphatic rings. The van der Waals surface area contributed by atoms with Crippen molar-refractivity contribution in [1.82, 2.24) is 24.7 Å². The number of nitrogens with two attached hydrogens (primary N) is 1. The lowest BCUT2D eigenvalue weighted by Crippen LogP contribution is -2.12. The van der Waals surface area contributed by atoms with E-state index in [-0.39, 0.29) is 11.8 Å². The number of benzene rings is 1. The minimum absolute atomic E-state index is 0.303. The van der Waals surface area contributed by atoms with Crippen molar-refractivity contribution in [3.63, 3.8) is 0 Å². The van der Waals surface area contributed by atoms with E-state index >= 15 is 0 Å². The summed E-state index contributed by atoms with van der Waals surface area (Å²) in [6.07, 6.45) is 4.56. The largest absolute Gasteiger partial charge is 0.384 e. The van der Waals surface area contributed by atoms with Crippen LogP contribution in [0.1, 0.15) is 39.7 Å². The fourth-order valence-electron chi connectivity index (χ4n) is 4.21. The van der Waals surface area contributed by atoms with Gasteiger partial charge in [-0.2, -0.15) is 10.1 Å². The number of rotatable bonds is 5. The van der Waals surface area contributed by atoms with E-state index in [0.717, 1.165) is 22.3 Å². The van der Waals surface area contributed by atoms with E-state index in [1.54, 1.807) is 23.0 Å². The number of carbonyl (C=O) groups excluding carboxylic acids is 1. The number of aromatic nitrogens is 5. The fourth-order valence-corrected chi connectivity index (χ4v) is 4.21. The lowest BCUT2D eigenvalue weighted by Gasteiger charge is -2.10. The molecule has 3 N–H and O–H groups in total. The fraction of sp³-hybridized carbons (Fsp3) is 0.192. The van der Waals surface area contributed by atoms with Crippen LogP contribution < -0.4 is 11.1 Å². The van der Waals surface area contributed by atoms with E-state index < -0.39 is 6.17 Å². The summed E-state index contributed by atoms with van der Waals surface area (Å²) in [5, 5.41) is 11.3. The molecule has 0 bridgehead atoms. The van der Waals surface area contributed by atoms with Crippen LogP contribution in [0.2, 0.25) is 0 Å². The number of nitrogen functional groups attached to an aromatic ring is 1. The summed E-state index contributed by atoms with van der Waals surface area (Å²) in [5.41, 5.74) is 11.8. The summed E-state index contributed by atoms with van der Waals surface area (Å²) < 4.78 is 20.2. The number of hydrogen-bond donors (Lipinski definition) is 2. The highest BCUT2D eigenvalue weighted by Gasteiger charge is 2.43. The first-order valence-corrected chi connectivity index (χ1v) is 11.5. The number of nitrogens with one attached hydrogen (secondary N) is 1. The van der Waals surface area contributed by atoms with Gasteiger partial charge in [0, 0.05) is 29.2 Å². The zero-order valence-corrected chi connectivity index (χ0v) is 19.6. The van der Waals surface area contributed by atoms with Crippen molar-refractivity contribution in [3.05, 3.63) is 77.6 Å². The normalized spacial score (nSPS) is 16.9. The summed E-state index contributed by atoms with van der Waals surface area (Å²) in [4.78, 5) is 21.8. The molecule has 1 amide bonds. The van der Waals surface area contributed by atoms with Gasteiger partial charge in [0.25, 0.3) is 5.91 Å².